The van der Waals surface area contributed by atoms with Gasteiger partial charge in [-0.3, -0.25) is 4.79 Å². The molecule has 3 N–H and O–H groups in total. The third-order valence-corrected chi connectivity index (χ3v) is 4.44. The van der Waals surface area contributed by atoms with E-state index in [0.717, 1.165) is 32.1 Å². The summed E-state index contributed by atoms with van der Waals surface area (Å²) < 4.78 is 41.7. The van der Waals surface area contributed by atoms with E-state index < -0.39 is 12.8 Å². The van der Waals surface area contributed by atoms with Crippen molar-refractivity contribution < 1.29 is 22.7 Å². The Morgan fingerprint density at radius 3 is 2.50 bits per heavy atom. The van der Waals surface area contributed by atoms with E-state index in [0.29, 0.717) is 6.54 Å². The first-order valence-electron chi connectivity index (χ1n) is 8.12. The number of amides is 1. The average Bonchev–Trinajstić information content (AvgIpc) is 2.54. The number of hydrogen-bond acceptors (Lipinski definition) is 3. The molecule has 1 amide bonds. The second-order valence-corrected chi connectivity index (χ2v) is 6.39. The van der Waals surface area contributed by atoms with Crippen molar-refractivity contribution in [3.05, 3.63) is 24.3 Å². The molecule has 0 bridgehead atoms. The molecule has 7 heteroatoms. The highest BCUT2D eigenvalue weighted by molar-refractivity contribution is 5.92. The van der Waals surface area contributed by atoms with Gasteiger partial charge in [-0.1, -0.05) is 31.4 Å². The number of benzene rings is 1. The van der Waals surface area contributed by atoms with E-state index in [9.17, 15) is 18.0 Å². The molecule has 1 fully saturated rings. The summed E-state index contributed by atoms with van der Waals surface area (Å²) in [4.78, 5) is 12.4. The van der Waals surface area contributed by atoms with E-state index in [1.165, 1.54) is 12.1 Å². The molecule has 1 aromatic carbocycles. The van der Waals surface area contributed by atoms with Crippen LogP contribution in [0, 0.1) is 5.41 Å². The Hall–Kier alpha value is -1.76. The molecule has 2 rings (SSSR count). The van der Waals surface area contributed by atoms with Crippen LogP contribution in [-0.2, 0) is 4.79 Å². The van der Waals surface area contributed by atoms with E-state index in [4.69, 9.17) is 10.5 Å². The number of nitrogens with one attached hydrogen (secondary N) is 1. The number of hydrogen-bond donors (Lipinski definition) is 2. The van der Waals surface area contributed by atoms with Crippen LogP contribution < -0.4 is 15.8 Å². The summed E-state index contributed by atoms with van der Waals surface area (Å²) in [6.07, 6.45) is 0.912. The maximum Gasteiger partial charge on any atom is 0.422 e. The Morgan fingerprint density at radius 1 is 1.21 bits per heavy atom. The van der Waals surface area contributed by atoms with E-state index in [-0.39, 0.29) is 29.2 Å². The third kappa shape index (κ3) is 5.40. The predicted octanol–water partition coefficient (Wildman–Crippen LogP) is 3.87. The van der Waals surface area contributed by atoms with Crippen LogP contribution in [0.1, 0.15) is 38.5 Å². The summed E-state index contributed by atoms with van der Waals surface area (Å²) in [7, 11) is 0. The molecule has 0 aromatic heterocycles. The fourth-order valence-electron chi connectivity index (χ4n) is 3.15. The molecule has 1 saturated carbocycles. The lowest BCUT2D eigenvalue weighted by Crippen LogP contribution is -2.36. The minimum atomic E-state index is -4.43. The first kappa shape index (κ1) is 18.6. The van der Waals surface area contributed by atoms with Crippen molar-refractivity contribution in [2.45, 2.75) is 44.7 Å². The summed E-state index contributed by atoms with van der Waals surface area (Å²) in [5.41, 5.74) is 5.92. The average molecular weight is 344 g/mol. The zero-order valence-electron chi connectivity index (χ0n) is 13.5. The van der Waals surface area contributed by atoms with Crippen LogP contribution in [-0.4, -0.2) is 25.2 Å². The fourth-order valence-corrected chi connectivity index (χ4v) is 3.15. The molecule has 0 radical (unpaired) electrons. The molecule has 0 unspecified atom stereocenters. The Kier molecular flexibility index (Phi) is 6.10. The number of para-hydroxylation sites is 2. The summed E-state index contributed by atoms with van der Waals surface area (Å²) in [5, 5.41) is 2.67. The molecule has 134 valence electrons. The molecular formula is C17H23F3N2O2. The van der Waals surface area contributed by atoms with Crippen molar-refractivity contribution in [3.8, 4) is 5.75 Å². The highest BCUT2D eigenvalue weighted by Crippen LogP contribution is 2.39. The molecule has 0 atom stereocenters. The molecule has 0 saturated heterocycles. The smallest absolute Gasteiger partial charge is 0.422 e. The van der Waals surface area contributed by atoms with Crippen molar-refractivity contribution in [3.63, 3.8) is 0 Å². The van der Waals surface area contributed by atoms with E-state index in [1.807, 2.05) is 0 Å². The number of carbonyl (C=O) groups is 1. The Balaban J connectivity index is 2.00. The number of rotatable bonds is 6. The number of alkyl halides is 3. The summed E-state index contributed by atoms with van der Waals surface area (Å²) in [6.45, 7) is -0.959. The van der Waals surface area contributed by atoms with Crippen LogP contribution >= 0.6 is 0 Å². The Morgan fingerprint density at radius 2 is 1.88 bits per heavy atom. The van der Waals surface area contributed by atoms with Crippen LogP contribution in [0.15, 0.2) is 24.3 Å². The molecule has 0 spiro atoms. The van der Waals surface area contributed by atoms with Gasteiger partial charge in [-0.15, -0.1) is 0 Å². The minimum Gasteiger partial charge on any atom is -0.482 e. The lowest BCUT2D eigenvalue weighted by Gasteiger charge is -2.35. The first-order valence-corrected chi connectivity index (χ1v) is 8.12. The van der Waals surface area contributed by atoms with Gasteiger partial charge >= 0.3 is 6.18 Å². The standard InChI is InChI=1S/C17H23F3N2O2/c18-17(19,20)12-24-14-7-3-2-6-13(14)22-15(23)10-16(11-21)8-4-1-5-9-16/h2-3,6-7H,1,4-5,8-12,21H2,(H,22,23). The molecule has 1 aliphatic rings. The van der Waals surface area contributed by atoms with Gasteiger partial charge in [0.1, 0.15) is 5.75 Å². The molecule has 1 aromatic rings. The SMILES string of the molecule is NCC1(CC(=O)Nc2ccccc2OCC(F)(F)F)CCCCC1. The lowest BCUT2D eigenvalue weighted by molar-refractivity contribution is -0.153. The molecule has 0 aliphatic heterocycles. The zero-order chi connectivity index (χ0) is 17.6. The second kappa shape index (κ2) is 7.88. The largest absolute Gasteiger partial charge is 0.482 e. The van der Waals surface area contributed by atoms with Crippen molar-refractivity contribution in [1.29, 1.82) is 0 Å². The number of carbonyl (C=O) groups excluding carboxylic acids is 1. The van der Waals surface area contributed by atoms with Gasteiger partial charge in [-0.05, 0) is 36.9 Å². The van der Waals surface area contributed by atoms with Crippen molar-refractivity contribution in [2.75, 3.05) is 18.5 Å². The fraction of sp³-hybridized carbons (Fsp3) is 0.588. The van der Waals surface area contributed by atoms with Crippen LogP contribution in [0.25, 0.3) is 0 Å². The van der Waals surface area contributed by atoms with Gasteiger partial charge in [0.2, 0.25) is 5.91 Å². The molecule has 24 heavy (non-hydrogen) atoms. The van der Waals surface area contributed by atoms with Gasteiger partial charge in [0.25, 0.3) is 0 Å². The van der Waals surface area contributed by atoms with E-state index in [1.54, 1.807) is 12.1 Å². The van der Waals surface area contributed by atoms with E-state index >= 15 is 0 Å². The number of ether oxygens (including phenoxy) is 1. The van der Waals surface area contributed by atoms with Gasteiger partial charge < -0.3 is 15.8 Å². The lowest BCUT2D eigenvalue weighted by atomic mass is 9.71. The Bertz CT molecular complexity index is 555. The molecule has 0 heterocycles. The highest BCUT2D eigenvalue weighted by Gasteiger charge is 2.33. The minimum absolute atomic E-state index is 0.00798. The van der Waals surface area contributed by atoms with E-state index in [2.05, 4.69) is 5.32 Å². The summed E-state index contributed by atoms with van der Waals surface area (Å²) in [6, 6.07) is 6.12. The maximum absolute atomic E-state index is 12.4. The van der Waals surface area contributed by atoms with Crippen LogP contribution in [0.3, 0.4) is 0 Å². The monoisotopic (exact) mass is 344 g/mol. The topological polar surface area (TPSA) is 64.4 Å². The Labute approximate surface area is 139 Å². The third-order valence-electron chi connectivity index (χ3n) is 4.44. The van der Waals surface area contributed by atoms with Gasteiger partial charge in [-0.2, -0.15) is 13.2 Å². The first-order chi connectivity index (χ1) is 11.3. The molecule has 1 aliphatic carbocycles. The highest BCUT2D eigenvalue weighted by atomic mass is 19.4. The van der Waals surface area contributed by atoms with Crippen LogP contribution in [0.5, 0.6) is 5.75 Å². The van der Waals surface area contributed by atoms with Crippen LogP contribution in [0.2, 0.25) is 0 Å². The van der Waals surface area contributed by atoms with Crippen LogP contribution in [0.4, 0.5) is 18.9 Å². The normalized spacial score (nSPS) is 17.3. The summed E-state index contributed by atoms with van der Waals surface area (Å²) >= 11 is 0. The van der Waals surface area contributed by atoms with Gasteiger partial charge in [0.15, 0.2) is 6.61 Å². The van der Waals surface area contributed by atoms with Crippen molar-refractivity contribution in [2.24, 2.45) is 11.1 Å². The van der Waals surface area contributed by atoms with Gasteiger partial charge in [-0.25, -0.2) is 0 Å². The molecule has 4 nitrogen and oxygen atoms in total. The number of halogens is 3. The molecular weight excluding hydrogens is 321 g/mol. The van der Waals surface area contributed by atoms with Crippen molar-refractivity contribution in [1.82, 2.24) is 0 Å². The van der Waals surface area contributed by atoms with Gasteiger partial charge in [0, 0.05) is 6.42 Å². The maximum atomic E-state index is 12.4. The zero-order valence-corrected chi connectivity index (χ0v) is 13.5. The summed E-state index contributed by atoms with van der Waals surface area (Å²) in [5.74, 6) is -0.237. The second-order valence-electron chi connectivity index (χ2n) is 6.39. The van der Waals surface area contributed by atoms with Crippen molar-refractivity contribution >= 4 is 11.6 Å². The van der Waals surface area contributed by atoms with Gasteiger partial charge in [0.05, 0.1) is 5.69 Å². The quantitative estimate of drug-likeness (QED) is 0.823. The predicted molar refractivity (Wildman–Crippen MR) is 85.8 cm³/mol. The number of nitrogens with two attached hydrogens (primary N) is 1. The number of anilines is 1.